The van der Waals surface area contributed by atoms with Crippen LogP contribution in [0.2, 0.25) is 5.02 Å². The van der Waals surface area contributed by atoms with Gasteiger partial charge in [-0.3, -0.25) is 14.5 Å². The van der Waals surface area contributed by atoms with Gasteiger partial charge in [-0.2, -0.15) is 0 Å². The first-order valence-electron chi connectivity index (χ1n) is 9.17. The number of fused-ring (bicyclic) bond motifs is 1. The maximum absolute atomic E-state index is 13.4. The summed E-state index contributed by atoms with van der Waals surface area (Å²) in [6.07, 6.45) is 1.76. The third-order valence-corrected chi connectivity index (χ3v) is 5.51. The van der Waals surface area contributed by atoms with Crippen LogP contribution in [0, 0.1) is 0 Å². The Morgan fingerprint density at radius 1 is 1.07 bits per heavy atom. The summed E-state index contributed by atoms with van der Waals surface area (Å²) < 4.78 is 4.81. The van der Waals surface area contributed by atoms with Crippen molar-refractivity contribution in [1.29, 1.82) is 0 Å². The number of benzene rings is 3. The molecule has 1 saturated heterocycles. The molecule has 0 spiro atoms. The van der Waals surface area contributed by atoms with Gasteiger partial charge in [-0.1, -0.05) is 54.1 Å². The molecule has 0 aromatic heterocycles. The van der Waals surface area contributed by atoms with Gasteiger partial charge >= 0.3 is 5.97 Å². The predicted molar refractivity (Wildman–Crippen MR) is 122 cm³/mol. The topological polar surface area (TPSA) is 49.9 Å². The fourth-order valence-corrected chi connectivity index (χ4v) is 3.85. The Balaban J connectivity index is 1.83. The number of hydrogen-bond donors (Lipinski definition) is 0. The highest BCUT2D eigenvalue weighted by Crippen LogP contribution is 2.31. The van der Waals surface area contributed by atoms with Crippen molar-refractivity contribution in [2.45, 2.75) is 0 Å². The van der Waals surface area contributed by atoms with Gasteiger partial charge in [-0.05, 0) is 58.9 Å². The van der Waals surface area contributed by atoms with Crippen LogP contribution < -0.4 is 4.90 Å². The number of halogens is 1. The summed E-state index contributed by atoms with van der Waals surface area (Å²) in [6.45, 7) is -0.165. The lowest BCUT2D eigenvalue weighted by atomic mass is 10.0. The van der Waals surface area contributed by atoms with E-state index in [9.17, 15) is 9.59 Å². The molecule has 0 unspecified atom stereocenters. The van der Waals surface area contributed by atoms with E-state index >= 15 is 0 Å². The number of amides is 1. The molecule has 1 fully saturated rings. The first-order chi connectivity index (χ1) is 14.5. The highest BCUT2D eigenvalue weighted by atomic mass is 35.5. The highest BCUT2D eigenvalue weighted by molar-refractivity contribution is 7.80. The molecule has 30 heavy (non-hydrogen) atoms. The van der Waals surface area contributed by atoms with Gasteiger partial charge in [0.1, 0.15) is 12.2 Å². The van der Waals surface area contributed by atoms with E-state index in [-0.39, 0.29) is 17.6 Å². The fourth-order valence-electron chi connectivity index (χ4n) is 3.37. The van der Waals surface area contributed by atoms with Gasteiger partial charge in [0.15, 0.2) is 5.11 Å². The zero-order chi connectivity index (χ0) is 21.3. The van der Waals surface area contributed by atoms with E-state index in [1.165, 1.54) is 16.9 Å². The summed E-state index contributed by atoms with van der Waals surface area (Å²) in [4.78, 5) is 28.3. The van der Waals surface area contributed by atoms with E-state index in [0.29, 0.717) is 16.4 Å². The van der Waals surface area contributed by atoms with Crippen LogP contribution in [0.1, 0.15) is 5.56 Å². The second-order valence-electron chi connectivity index (χ2n) is 6.66. The van der Waals surface area contributed by atoms with E-state index in [0.717, 1.165) is 16.3 Å². The smallest absolute Gasteiger partial charge is 0.325 e. The molecular formula is C23H17ClN2O3S. The third kappa shape index (κ3) is 3.67. The average Bonchev–Trinajstić information content (AvgIpc) is 2.98. The van der Waals surface area contributed by atoms with Crippen LogP contribution in [0.4, 0.5) is 5.69 Å². The molecule has 0 atom stereocenters. The third-order valence-electron chi connectivity index (χ3n) is 4.85. The second-order valence-corrected chi connectivity index (χ2v) is 7.46. The van der Waals surface area contributed by atoms with Gasteiger partial charge in [-0.25, -0.2) is 0 Å². The molecule has 1 heterocycles. The summed E-state index contributed by atoms with van der Waals surface area (Å²) in [5.74, 6) is -0.814. The molecule has 0 bridgehead atoms. The Kier molecular flexibility index (Phi) is 5.53. The molecule has 150 valence electrons. The van der Waals surface area contributed by atoms with E-state index < -0.39 is 5.97 Å². The number of thiocarbonyl (C=S) groups is 1. The van der Waals surface area contributed by atoms with Crippen molar-refractivity contribution in [1.82, 2.24) is 4.90 Å². The molecule has 5 nitrogen and oxygen atoms in total. The van der Waals surface area contributed by atoms with Gasteiger partial charge in [0.25, 0.3) is 5.91 Å². The number of esters is 1. The first-order valence-corrected chi connectivity index (χ1v) is 9.96. The number of nitrogens with zero attached hydrogens (tertiary/aromatic N) is 2. The Labute approximate surface area is 184 Å². The number of ether oxygens (including phenoxy) is 1. The molecule has 7 heteroatoms. The Morgan fingerprint density at radius 3 is 2.50 bits per heavy atom. The highest BCUT2D eigenvalue weighted by Gasteiger charge is 2.40. The fraction of sp³-hybridized carbons (Fsp3) is 0.0870. The Bertz CT molecular complexity index is 1190. The van der Waals surface area contributed by atoms with E-state index in [2.05, 4.69) is 0 Å². The van der Waals surface area contributed by atoms with Crippen LogP contribution in [0.25, 0.3) is 16.8 Å². The molecule has 1 aliphatic heterocycles. The molecule has 3 aromatic carbocycles. The van der Waals surface area contributed by atoms with Crippen LogP contribution in [0.15, 0.2) is 72.4 Å². The molecule has 4 rings (SSSR count). The number of carbonyl (C=O) groups is 2. The Morgan fingerprint density at radius 2 is 1.77 bits per heavy atom. The zero-order valence-electron chi connectivity index (χ0n) is 16.0. The van der Waals surface area contributed by atoms with Crippen molar-refractivity contribution in [3.63, 3.8) is 0 Å². The predicted octanol–water partition coefficient (Wildman–Crippen LogP) is 4.64. The number of carbonyl (C=O) groups excluding carboxylic acids is 2. The van der Waals surface area contributed by atoms with Crippen LogP contribution in [-0.4, -0.2) is 35.5 Å². The van der Waals surface area contributed by atoms with Gasteiger partial charge in [0.2, 0.25) is 0 Å². The van der Waals surface area contributed by atoms with Gasteiger partial charge in [0.05, 0.1) is 12.8 Å². The number of anilines is 1. The number of hydrogen-bond acceptors (Lipinski definition) is 4. The van der Waals surface area contributed by atoms with Crippen molar-refractivity contribution < 1.29 is 14.3 Å². The zero-order valence-corrected chi connectivity index (χ0v) is 17.6. The standard InChI is InChI=1S/C23H17ClN2O3S/c1-29-21(27)14-25-20(13-16-7-4-6-15-5-2-3-8-19(15)16)22(28)26(23(25)30)18-11-9-17(24)10-12-18/h2-13H,14H2,1H3/b20-13-. The monoisotopic (exact) mass is 436 g/mol. The number of methoxy groups -OCH3 is 1. The van der Waals surface area contributed by atoms with Crippen molar-refractivity contribution in [3.05, 3.63) is 83.0 Å². The van der Waals surface area contributed by atoms with Gasteiger partial charge in [0, 0.05) is 5.02 Å². The number of rotatable bonds is 4. The lowest BCUT2D eigenvalue weighted by Crippen LogP contribution is -2.35. The SMILES string of the molecule is COC(=O)CN1C(=S)N(c2ccc(Cl)cc2)C(=O)/C1=C/c1cccc2ccccc12. The van der Waals surface area contributed by atoms with Crippen LogP contribution in [0.3, 0.4) is 0 Å². The van der Waals surface area contributed by atoms with Crippen molar-refractivity contribution in [2.75, 3.05) is 18.6 Å². The van der Waals surface area contributed by atoms with Crippen LogP contribution >= 0.6 is 23.8 Å². The Hall–Kier alpha value is -3.22. The van der Waals surface area contributed by atoms with E-state index in [4.69, 9.17) is 28.6 Å². The summed E-state index contributed by atoms with van der Waals surface area (Å²) >= 11 is 11.5. The molecule has 0 radical (unpaired) electrons. The normalized spacial score (nSPS) is 15.3. The molecule has 1 aliphatic rings. The van der Waals surface area contributed by atoms with E-state index in [1.807, 2.05) is 42.5 Å². The summed E-state index contributed by atoms with van der Waals surface area (Å²) in [7, 11) is 1.30. The second kappa shape index (κ2) is 8.26. The lowest BCUT2D eigenvalue weighted by Gasteiger charge is -2.19. The average molecular weight is 437 g/mol. The summed E-state index contributed by atoms with van der Waals surface area (Å²) in [5, 5.41) is 2.80. The van der Waals surface area contributed by atoms with Crippen molar-refractivity contribution in [3.8, 4) is 0 Å². The van der Waals surface area contributed by atoms with Gasteiger partial charge in [-0.15, -0.1) is 0 Å². The summed E-state index contributed by atoms with van der Waals surface area (Å²) in [6, 6.07) is 20.5. The minimum Gasteiger partial charge on any atom is -0.468 e. The molecule has 0 saturated carbocycles. The quantitative estimate of drug-likeness (QED) is 0.339. The van der Waals surface area contributed by atoms with Gasteiger partial charge < -0.3 is 9.64 Å². The molecule has 0 aliphatic carbocycles. The lowest BCUT2D eigenvalue weighted by molar-refractivity contribution is -0.140. The van der Waals surface area contributed by atoms with Crippen LogP contribution in [0.5, 0.6) is 0 Å². The van der Waals surface area contributed by atoms with E-state index in [1.54, 1.807) is 30.3 Å². The first kappa shape index (κ1) is 20.1. The molecule has 3 aromatic rings. The maximum atomic E-state index is 13.4. The summed E-state index contributed by atoms with van der Waals surface area (Å²) in [5.41, 5.74) is 1.73. The largest absolute Gasteiger partial charge is 0.468 e. The maximum Gasteiger partial charge on any atom is 0.325 e. The van der Waals surface area contributed by atoms with Crippen LogP contribution in [-0.2, 0) is 14.3 Å². The molecule has 1 amide bonds. The van der Waals surface area contributed by atoms with Crippen molar-refractivity contribution in [2.24, 2.45) is 0 Å². The minimum absolute atomic E-state index is 0.165. The molecular weight excluding hydrogens is 420 g/mol. The minimum atomic E-state index is -0.494. The molecule has 0 N–H and O–H groups in total. The van der Waals surface area contributed by atoms with Crippen molar-refractivity contribution >= 4 is 63.3 Å².